The summed E-state index contributed by atoms with van der Waals surface area (Å²) in [5, 5.41) is 0. The quantitative estimate of drug-likeness (QED) is 0.635. The molecule has 2 aliphatic rings. The topological polar surface area (TPSA) is 12.5 Å². The van der Waals surface area contributed by atoms with Crippen molar-refractivity contribution in [2.75, 3.05) is 26.8 Å². The molecule has 0 aromatic rings. The summed E-state index contributed by atoms with van der Waals surface area (Å²) in [6.45, 7) is 3.40. The number of nitrogens with zero attached hydrogens (tertiary/aromatic N) is 1. The van der Waals surface area contributed by atoms with E-state index in [1.54, 1.807) is 7.11 Å². The third-order valence-corrected chi connectivity index (χ3v) is 3.39. The van der Waals surface area contributed by atoms with Gasteiger partial charge in [0.2, 0.25) is 0 Å². The molecule has 0 spiro atoms. The molecule has 2 nitrogen and oxygen atoms in total. The van der Waals surface area contributed by atoms with Crippen molar-refractivity contribution in [3.05, 3.63) is 0 Å². The fourth-order valence-corrected chi connectivity index (χ4v) is 2.65. The molecule has 0 bridgehead atoms. The van der Waals surface area contributed by atoms with E-state index in [0.29, 0.717) is 0 Å². The molecule has 1 aliphatic carbocycles. The van der Waals surface area contributed by atoms with Crippen LogP contribution in [0.15, 0.2) is 0 Å². The highest BCUT2D eigenvalue weighted by atomic mass is 16.5. The summed E-state index contributed by atoms with van der Waals surface area (Å²) in [4.78, 5) is 2.59. The SMILES string of the molecule is COCCN1C[C@H]2CCCC[C@H]21. The molecule has 0 unspecified atom stereocenters. The third kappa shape index (κ3) is 1.50. The lowest BCUT2D eigenvalue weighted by Gasteiger charge is -2.51. The van der Waals surface area contributed by atoms with Gasteiger partial charge in [0.05, 0.1) is 6.61 Å². The van der Waals surface area contributed by atoms with Crippen LogP contribution in [0.3, 0.4) is 0 Å². The van der Waals surface area contributed by atoms with Gasteiger partial charge < -0.3 is 4.74 Å². The molecule has 2 atom stereocenters. The van der Waals surface area contributed by atoms with Crippen molar-refractivity contribution in [1.82, 2.24) is 4.90 Å². The van der Waals surface area contributed by atoms with E-state index in [2.05, 4.69) is 4.90 Å². The first-order valence-electron chi connectivity index (χ1n) is 5.15. The zero-order chi connectivity index (χ0) is 8.39. The van der Waals surface area contributed by atoms with Crippen molar-refractivity contribution in [3.63, 3.8) is 0 Å². The smallest absolute Gasteiger partial charge is 0.0589 e. The molecule has 2 fully saturated rings. The second-order valence-electron chi connectivity index (χ2n) is 4.10. The Kier molecular flexibility index (Phi) is 2.66. The van der Waals surface area contributed by atoms with E-state index < -0.39 is 0 Å². The first kappa shape index (κ1) is 8.52. The van der Waals surface area contributed by atoms with Gasteiger partial charge in [0.15, 0.2) is 0 Å². The normalized spacial score (nSPS) is 35.8. The van der Waals surface area contributed by atoms with E-state index in [1.807, 2.05) is 0 Å². The Balaban J connectivity index is 1.73. The van der Waals surface area contributed by atoms with Gasteiger partial charge >= 0.3 is 0 Å². The van der Waals surface area contributed by atoms with Crippen LogP contribution in [0, 0.1) is 5.92 Å². The van der Waals surface area contributed by atoms with Gasteiger partial charge in [-0.3, -0.25) is 4.90 Å². The van der Waals surface area contributed by atoms with Crippen molar-refractivity contribution in [2.24, 2.45) is 5.92 Å². The lowest BCUT2D eigenvalue weighted by atomic mass is 9.77. The monoisotopic (exact) mass is 169 g/mol. The molecule has 70 valence electrons. The first-order valence-corrected chi connectivity index (χ1v) is 5.15. The average Bonchev–Trinajstić information content (AvgIpc) is 2.07. The number of fused-ring (bicyclic) bond motifs is 1. The highest BCUT2D eigenvalue weighted by Gasteiger charge is 2.39. The minimum Gasteiger partial charge on any atom is -0.383 e. The predicted molar refractivity (Wildman–Crippen MR) is 49.2 cm³/mol. The second kappa shape index (κ2) is 3.75. The van der Waals surface area contributed by atoms with Gasteiger partial charge in [0, 0.05) is 26.2 Å². The molecule has 0 aromatic heterocycles. The van der Waals surface area contributed by atoms with Gasteiger partial charge in [-0.1, -0.05) is 12.8 Å². The number of hydrogen-bond acceptors (Lipinski definition) is 2. The van der Waals surface area contributed by atoms with E-state index in [9.17, 15) is 0 Å². The lowest BCUT2D eigenvalue weighted by molar-refractivity contribution is -0.0276. The number of methoxy groups -OCH3 is 1. The number of rotatable bonds is 3. The Morgan fingerprint density at radius 1 is 1.33 bits per heavy atom. The summed E-state index contributed by atoms with van der Waals surface area (Å²) < 4.78 is 5.09. The van der Waals surface area contributed by atoms with Crippen LogP contribution >= 0.6 is 0 Å². The van der Waals surface area contributed by atoms with E-state index in [-0.39, 0.29) is 0 Å². The third-order valence-electron chi connectivity index (χ3n) is 3.39. The van der Waals surface area contributed by atoms with Gasteiger partial charge in [-0.15, -0.1) is 0 Å². The minimum atomic E-state index is 0.906. The summed E-state index contributed by atoms with van der Waals surface area (Å²) in [5.74, 6) is 1.04. The molecular formula is C10H19NO. The predicted octanol–water partition coefficient (Wildman–Crippen LogP) is 1.51. The van der Waals surface area contributed by atoms with Crippen molar-refractivity contribution >= 4 is 0 Å². The molecule has 0 amide bonds. The zero-order valence-corrected chi connectivity index (χ0v) is 7.96. The first-order chi connectivity index (χ1) is 5.92. The van der Waals surface area contributed by atoms with Gasteiger partial charge in [0.1, 0.15) is 0 Å². The number of likely N-dealkylation sites (tertiary alicyclic amines) is 1. The number of hydrogen-bond donors (Lipinski definition) is 0. The van der Waals surface area contributed by atoms with E-state index in [1.165, 1.54) is 32.2 Å². The average molecular weight is 169 g/mol. The van der Waals surface area contributed by atoms with Crippen molar-refractivity contribution in [1.29, 1.82) is 0 Å². The maximum atomic E-state index is 5.09. The fourth-order valence-electron chi connectivity index (χ4n) is 2.65. The molecule has 0 N–H and O–H groups in total. The van der Waals surface area contributed by atoms with Crippen LogP contribution in [0.2, 0.25) is 0 Å². The van der Waals surface area contributed by atoms with Crippen LogP contribution in [0.25, 0.3) is 0 Å². The standard InChI is InChI=1S/C10H19NO/c1-12-7-6-11-8-9-4-2-3-5-10(9)11/h9-10H,2-8H2,1H3/t9-,10-/m1/s1. The zero-order valence-electron chi connectivity index (χ0n) is 7.96. The summed E-state index contributed by atoms with van der Waals surface area (Å²) >= 11 is 0. The van der Waals surface area contributed by atoms with E-state index in [0.717, 1.165) is 25.1 Å². The summed E-state index contributed by atoms with van der Waals surface area (Å²) in [6, 6.07) is 0.925. The minimum absolute atomic E-state index is 0.906. The van der Waals surface area contributed by atoms with Crippen molar-refractivity contribution in [3.8, 4) is 0 Å². The van der Waals surface area contributed by atoms with Crippen LogP contribution in [-0.2, 0) is 4.74 Å². The molecule has 1 heterocycles. The molecule has 1 saturated carbocycles. The van der Waals surface area contributed by atoms with Crippen LogP contribution in [0.5, 0.6) is 0 Å². The molecular weight excluding hydrogens is 150 g/mol. The Labute approximate surface area is 74.9 Å². The lowest BCUT2D eigenvalue weighted by Crippen LogP contribution is -2.58. The highest BCUT2D eigenvalue weighted by Crippen LogP contribution is 2.36. The summed E-state index contributed by atoms with van der Waals surface area (Å²) in [6.07, 6.45) is 5.84. The highest BCUT2D eigenvalue weighted by molar-refractivity contribution is 4.93. The van der Waals surface area contributed by atoms with E-state index >= 15 is 0 Å². The number of ether oxygens (including phenoxy) is 1. The fraction of sp³-hybridized carbons (Fsp3) is 1.00. The Bertz CT molecular complexity index is 147. The van der Waals surface area contributed by atoms with Crippen LogP contribution < -0.4 is 0 Å². The Hall–Kier alpha value is -0.0800. The maximum Gasteiger partial charge on any atom is 0.0589 e. The second-order valence-corrected chi connectivity index (χ2v) is 4.10. The molecule has 2 heteroatoms. The van der Waals surface area contributed by atoms with Gasteiger partial charge in [0.25, 0.3) is 0 Å². The Morgan fingerprint density at radius 2 is 2.17 bits per heavy atom. The molecule has 12 heavy (non-hydrogen) atoms. The largest absolute Gasteiger partial charge is 0.383 e. The van der Waals surface area contributed by atoms with Gasteiger partial charge in [-0.05, 0) is 18.8 Å². The van der Waals surface area contributed by atoms with Gasteiger partial charge in [-0.25, -0.2) is 0 Å². The van der Waals surface area contributed by atoms with Crippen molar-refractivity contribution in [2.45, 2.75) is 31.7 Å². The maximum absolute atomic E-state index is 5.09. The van der Waals surface area contributed by atoms with Crippen LogP contribution in [-0.4, -0.2) is 37.7 Å². The summed E-state index contributed by atoms with van der Waals surface area (Å²) in [5.41, 5.74) is 0. The molecule has 0 radical (unpaired) electrons. The van der Waals surface area contributed by atoms with Crippen LogP contribution in [0.1, 0.15) is 25.7 Å². The molecule has 2 rings (SSSR count). The molecule has 1 aliphatic heterocycles. The van der Waals surface area contributed by atoms with Crippen molar-refractivity contribution < 1.29 is 4.74 Å². The summed E-state index contributed by atoms with van der Waals surface area (Å²) in [7, 11) is 1.79. The van der Waals surface area contributed by atoms with E-state index in [4.69, 9.17) is 4.74 Å². The molecule has 0 aromatic carbocycles. The van der Waals surface area contributed by atoms with Gasteiger partial charge in [-0.2, -0.15) is 0 Å². The Morgan fingerprint density at radius 3 is 2.92 bits per heavy atom. The van der Waals surface area contributed by atoms with Crippen LogP contribution in [0.4, 0.5) is 0 Å². The molecule has 1 saturated heterocycles.